The minimum atomic E-state index is 0.0424. The van der Waals surface area contributed by atoms with E-state index in [1.807, 2.05) is 0 Å². The number of rotatable bonds is 20. The number of allylic oxidation sites excluding steroid dienone is 1. The van der Waals surface area contributed by atoms with Crippen molar-refractivity contribution in [3.63, 3.8) is 0 Å². The summed E-state index contributed by atoms with van der Waals surface area (Å²) in [6, 6.07) is 0. The summed E-state index contributed by atoms with van der Waals surface area (Å²) in [5, 5.41) is 0. The van der Waals surface area contributed by atoms with Gasteiger partial charge >= 0.3 is 0 Å². The molecule has 0 aliphatic heterocycles. The van der Waals surface area contributed by atoms with Crippen LogP contribution in [0.5, 0.6) is 0 Å². The van der Waals surface area contributed by atoms with Crippen molar-refractivity contribution in [2.24, 2.45) is 5.41 Å². The van der Waals surface area contributed by atoms with Crippen LogP contribution in [0.4, 0.5) is 0 Å². The fourth-order valence-electron chi connectivity index (χ4n) is 5.79. The number of unbranched alkanes of at least 4 members (excludes halogenated alkanes) is 8. The van der Waals surface area contributed by atoms with Gasteiger partial charge in [0.05, 0.1) is 11.7 Å². The summed E-state index contributed by atoms with van der Waals surface area (Å²) in [5.41, 5.74) is 2.12. The average Bonchev–Trinajstić information content (AvgIpc) is 2.77. The van der Waals surface area contributed by atoms with Gasteiger partial charge in [-0.3, -0.25) is 0 Å². The zero-order valence-corrected chi connectivity index (χ0v) is 23.0. The van der Waals surface area contributed by atoms with Crippen molar-refractivity contribution in [2.45, 2.75) is 181 Å². The molecule has 1 heteroatoms. The molecule has 0 aromatic carbocycles. The highest BCUT2D eigenvalue weighted by molar-refractivity contribution is 4.99. The van der Waals surface area contributed by atoms with E-state index in [0.29, 0.717) is 11.5 Å². The zero-order chi connectivity index (χ0) is 23.7. The lowest BCUT2D eigenvalue weighted by atomic mass is 9.71. The van der Waals surface area contributed by atoms with Crippen molar-refractivity contribution in [3.05, 3.63) is 12.2 Å². The van der Waals surface area contributed by atoms with Crippen LogP contribution in [0.1, 0.15) is 169 Å². The lowest BCUT2D eigenvalue weighted by Gasteiger charge is -2.35. The standard InChI is InChI=1S/C31H60O/c1-7-10-24-31(25-11-8-2,26-12-9-3)27-18-16-14-13-15-17-23-30(5,6)32-29-21-19-28(4)20-22-29/h29H,4,7-27H2,1-3,5-6H3. The Morgan fingerprint density at radius 3 is 1.53 bits per heavy atom. The summed E-state index contributed by atoms with van der Waals surface area (Å²) in [4.78, 5) is 0. The Morgan fingerprint density at radius 1 is 0.656 bits per heavy atom. The molecule has 0 atom stereocenters. The van der Waals surface area contributed by atoms with Gasteiger partial charge in [-0.2, -0.15) is 0 Å². The molecule has 1 saturated carbocycles. The molecule has 0 aromatic heterocycles. The highest BCUT2D eigenvalue weighted by atomic mass is 16.5. The van der Waals surface area contributed by atoms with Crippen molar-refractivity contribution in [1.29, 1.82) is 0 Å². The van der Waals surface area contributed by atoms with E-state index in [-0.39, 0.29) is 5.60 Å². The maximum atomic E-state index is 6.47. The molecule has 32 heavy (non-hydrogen) atoms. The van der Waals surface area contributed by atoms with Crippen molar-refractivity contribution in [1.82, 2.24) is 0 Å². The molecule has 1 aliphatic carbocycles. The molecule has 0 heterocycles. The van der Waals surface area contributed by atoms with Gasteiger partial charge in [-0.05, 0) is 77.0 Å². The minimum Gasteiger partial charge on any atom is -0.372 e. The first kappa shape index (κ1) is 29.7. The van der Waals surface area contributed by atoms with Gasteiger partial charge in [-0.25, -0.2) is 0 Å². The Bertz CT molecular complexity index is 431. The predicted octanol–water partition coefficient (Wildman–Crippen LogP) is 11.0. The third-order valence-corrected chi connectivity index (χ3v) is 8.04. The molecule has 1 aliphatic rings. The molecular formula is C31H60O. The van der Waals surface area contributed by atoms with Crippen LogP contribution in [0.2, 0.25) is 0 Å². The van der Waals surface area contributed by atoms with E-state index < -0.39 is 0 Å². The molecule has 190 valence electrons. The van der Waals surface area contributed by atoms with E-state index in [4.69, 9.17) is 4.74 Å². The number of ether oxygens (including phenoxy) is 1. The summed E-state index contributed by atoms with van der Waals surface area (Å²) >= 11 is 0. The first-order valence-corrected chi connectivity index (χ1v) is 14.7. The van der Waals surface area contributed by atoms with E-state index in [2.05, 4.69) is 41.2 Å². The molecule has 0 radical (unpaired) electrons. The molecule has 0 amide bonds. The van der Waals surface area contributed by atoms with E-state index in [1.165, 1.54) is 128 Å². The monoisotopic (exact) mass is 448 g/mol. The van der Waals surface area contributed by atoms with Gasteiger partial charge in [0.25, 0.3) is 0 Å². The molecule has 1 fully saturated rings. The van der Waals surface area contributed by atoms with Crippen LogP contribution >= 0.6 is 0 Å². The lowest BCUT2D eigenvalue weighted by molar-refractivity contribution is -0.0859. The fraction of sp³-hybridized carbons (Fsp3) is 0.935. The van der Waals surface area contributed by atoms with Crippen molar-refractivity contribution < 1.29 is 4.74 Å². The summed E-state index contributed by atoms with van der Waals surface area (Å²) in [6.45, 7) is 15.8. The Kier molecular flexibility index (Phi) is 16.0. The maximum Gasteiger partial charge on any atom is 0.0630 e. The highest BCUT2D eigenvalue weighted by Crippen LogP contribution is 2.41. The van der Waals surface area contributed by atoms with Crippen molar-refractivity contribution >= 4 is 0 Å². The summed E-state index contributed by atoms with van der Waals surface area (Å²) < 4.78 is 6.47. The summed E-state index contributed by atoms with van der Waals surface area (Å²) in [7, 11) is 0. The third kappa shape index (κ3) is 13.4. The van der Waals surface area contributed by atoms with Gasteiger partial charge < -0.3 is 4.74 Å². The van der Waals surface area contributed by atoms with Crippen molar-refractivity contribution in [3.8, 4) is 0 Å². The van der Waals surface area contributed by atoms with E-state index in [9.17, 15) is 0 Å². The maximum absolute atomic E-state index is 6.47. The molecule has 0 unspecified atom stereocenters. The second kappa shape index (κ2) is 17.2. The molecular weight excluding hydrogens is 388 g/mol. The Labute approximate surface area is 203 Å². The Balaban J connectivity index is 2.22. The van der Waals surface area contributed by atoms with Crippen LogP contribution in [-0.4, -0.2) is 11.7 Å². The zero-order valence-electron chi connectivity index (χ0n) is 23.0. The molecule has 0 N–H and O–H groups in total. The van der Waals surface area contributed by atoms with Crippen LogP contribution in [0, 0.1) is 5.41 Å². The smallest absolute Gasteiger partial charge is 0.0630 e. The summed E-state index contributed by atoms with van der Waals surface area (Å²) in [5.74, 6) is 0. The third-order valence-electron chi connectivity index (χ3n) is 8.04. The molecule has 0 aromatic rings. The van der Waals surface area contributed by atoms with Crippen LogP contribution in [0.15, 0.2) is 12.2 Å². The van der Waals surface area contributed by atoms with Crippen LogP contribution in [-0.2, 0) is 4.74 Å². The minimum absolute atomic E-state index is 0.0424. The van der Waals surface area contributed by atoms with Gasteiger partial charge in [0.15, 0.2) is 0 Å². The molecule has 0 bridgehead atoms. The first-order chi connectivity index (χ1) is 15.4. The van der Waals surface area contributed by atoms with Gasteiger partial charge in [0, 0.05) is 0 Å². The molecule has 0 saturated heterocycles. The molecule has 0 spiro atoms. The van der Waals surface area contributed by atoms with E-state index in [0.717, 1.165) is 12.8 Å². The summed E-state index contributed by atoms with van der Waals surface area (Å²) in [6.07, 6.45) is 29.1. The van der Waals surface area contributed by atoms with E-state index in [1.54, 1.807) is 0 Å². The van der Waals surface area contributed by atoms with E-state index >= 15 is 0 Å². The second-order valence-corrected chi connectivity index (χ2v) is 11.8. The van der Waals surface area contributed by atoms with Gasteiger partial charge in [0.2, 0.25) is 0 Å². The van der Waals surface area contributed by atoms with Gasteiger partial charge in [0.1, 0.15) is 0 Å². The van der Waals surface area contributed by atoms with Crippen LogP contribution in [0.3, 0.4) is 0 Å². The fourth-order valence-corrected chi connectivity index (χ4v) is 5.79. The topological polar surface area (TPSA) is 9.23 Å². The highest BCUT2D eigenvalue weighted by Gasteiger charge is 2.28. The lowest BCUT2D eigenvalue weighted by Crippen LogP contribution is -2.32. The van der Waals surface area contributed by atoms with Crippen LogP contribution < -0.4 is 0 Å². The number of hydrogen-bond acceptors (Lipinski definition) is 1. The van der Waals surface area contributed by atoms with Crippen molar-refractivity contribution in [2.75, 3.05) is 0 Å². The quantitative estimate of drug-likeness (QED) is 0.133. The molecule has 1 nitrogen and oxygen atoms in total. The number of hydrogen-bond donors (Lipinski definition) is 0. The Morgan fingerprint density at radius 2 is 1.06 bits per heavy atom. The first-order valence-electron chi connectivity index (χ1n) is 14.7. The largest absolute Gasteiger partial charge is 0.372 e. The van der Waals surface area contributed by atoms with Crippen LogP contribution in [0.25, 0.3) is 0 Å². The normalized spacial score (nSPS) is 16.1. The van der Waals surface area contributed by atoms with Gasteiger partial charge in [-0.15, -0.1) is 0 Å². The Hall–Kier alpha value is -0.300. The SMILES string of the molecule is C=C1CCC(OC(C)(C)CCCCCCCCC(CCCC)(CCCC)CCCC)CC1. The average molecular weight is 449 g/mol. The predicted molar refractivity (Wildman–Crippen MR) is 145 cm³/mol. The molecule has 1 rings (SSSR count). The van der Waals surface area contributed by atoms with Gasteiger partial charge in [-0.1, -0.05) is 110 Å². The second-order valence-electron chi connectivity index (χ2n) is 11.8.